The fraction of sp³-hybridized carbons (Fsp3) is 0.0469. The van der Waals surface area contributed by atoms with Crippen LogP contribution in [0.3, 0.4) is 0 Å². The van der Waals surface area contributed by atoms with Crippen LogP contribution in [0.4, 0.5) is 22.7 Å². The zero-order chi connectivity index (χ0) is 59.2. The van der Waals surface area contributed by atoms with E-state index < -0.39 is 29.7 Å². The summed E-state index contributed by atoms with van der Waals surface area (Å²) in [5, 5.41) is 47.0. The zero-order valence-electron chi connectivity index (χ0n) is 44.4. The van der Waals surface area contributed by atoms with E-state index in [2.05, 4.69) is 21.3 Å². The minimum absolute atomic E-state index is 0.0177. The van der Waals surface area contributed by atoms with Gasteiger partial charge in [0.1, 0.15) is 11.5 Å². The van der Waals surface area contributed by atoms with Crippen LogP contribution in [0.2, 0.25) is 0 Å². The lowest BCUT2D eigenvalue weighted by atomic mass is 10.1. The van der Waals surface area contributed by atoms with Crippen LogP contribution in [0.1, 0.15) is 58.1 Å². The Labute approximate surface area is 471 Å². The van der Waals surface area contributed by atoms with E-state index in [-0.39, 0.29) is 56.9 Å². The molecule has 0 radical (unpaired) electrons. The number of hydrogen-bond donors (Lipinski definition) is 8. The van der Waals surface area contributed by atoms with E-state index in [1.807, 2.05) is 60.7 Å². The summed E-state index contributed by atoms with van der Waals surface area (Å²) in [4.78, 5) is 80.6. The number of anilines is 4. The molecular weight excluding hydrogens is 1050 g/mol. The molecule has 416 valence electrons. The number of para-hydroxylation sites is 5. The van der Waals surface area contributed by atoms with Crippen molar-refractivity contribution in [2.75, 3.05) is 42.6 Å². The molecule has 8 aromatic carbocycles. The number of phenols is 1. The lowest BCUT2D eigenvalue weighted by molar-refractivity contribution is -0.112. The number of ether oxygens (including phenoxy) is 3. The molecule has 0 bridgehead atoms. The summed E-state index contributed by atoms with van der Waals surface area (Å²) in [5.41, 5.74) is 4.38. The average Bonchev–Trinajstić information content (AvgIpc) is 3.54. The Morgan fingerprint density at radius 2 is 0.732 bits per heavy atom. The minimum atomic E-state index is -1.10. The Morgan fingerprint density at radius 1 is 0.366 bits per heavy atom. The minimum Gasteiger partial charge on any atom is -0.507 e. The number of rotatable bonds is 17. The monoisotopic (exact) mass is 1100 g/mol. The van der Waals surface area contributed by atoms with Gasteiger partial charge in [-0.05, 0) is 120 Å². The first-order valence-corrected chi connectivity index (χ1v) is 24.6. The molecule has 0 fully saturated rings. The number of hydrogen-bond acceptors (Lipinski definition) is 11. The standard InChI is InChI=1S/C18H17NO5.C17H15NO4.C16H13NO3.C13H11NO2/c1-23-15-9-7-12(11-16(15)24-2)8-10-17(20)19-14-6-4-3-5-13(14)18(21)22;1-22-13-9-6-12(7-10-13)8-11-16(19)18-15-5-3-2-4-14(15)17(20)21;18-15(11-10-12-6-2-1-3-7-12)17-14-9-5-4-8-13(14)16(19)20;15-12-9-5-4-8-11(12)13(16)14-10-6-2-1-3-7-10/h3-11H,1-2H3,(H,19,20)(H,21,22);2-11H,1H3,(H,18,19)(H,20,21);1-11H,(H,17,18)(H,19,20);1-9,15H,(H,14,16)/b10-8+;11-8+;11-10+;. The fourth-order valence-electron chi connectivity index (χ4n) is 7.00. The van der Waals surface area contributed by atoms with Gasteiger partial charge >= 0.3 is 17.9 Å². The molecule has 4 amide bonds. The number of carbonyl (C=O) groups excluding carboxylic acids is 4. The van der Waals surface area contributed by atoms with Gasteiger partial charge in [0, 0.05) is 23.9 Å². The van der Waals surface area contributed by atoms with Crippen LogP contribution in [-0.4, -0.2) is 83.3 Å². The third-order valence-electron chi connectivity index (χ3n) is 11.0. The highest BCUT2D eigenvalue weighted by Crippen LogP contribution is 2.28. The van der Waals surface area contributed by atoms with E-state index >= 15 is 0 Å². The summed E-state index contributed by atoms with van der Waals surface area (Å²) in [6.45, 7) is 0. The quantitative estimate of drug-likeness (QED) is 0.0394. The van der Waals surface area contributed by atoms with Gasteiger partial charge in [-0.25, -0.2) is 14.4 Å². The second kappa shape index (κ2) is 32.3. The summed E-state index contributed by atoms with van der Waals surface area (Å²) in [5.74, 6) is -2.92. The Hall–Kier alpha value is -11.5. The normalized spacial score (nSPS) is 10.3. The summed E-state index contributed by atoms with van der Waals surface area (Å²) in [7, 11) is 4.65. The van der Waals surface area contributed by atoms with E-state index in [1.165, 1.54) is 55.7 Å². The molecule has 0 heterocycles. The molecule has 82 heavy (non-hydrogen) atoms. The number of benzene rings is 8. The maximum Gasteiger partial charge on any atom is 0.337 e. The highest BCUT2D eigenvalue weighted by molar-refractivity contribution is 6.08. The molecule has 8 rings (SSSR count). The Kier molecular flexibility index (Phi) is 24.1. The van der Waals surface area contributed by atoms with Crippen LogP contribution in [0.15, 0.2) is 218 Å². The Balaban J connectivity index is 0.000000202. The number of aromatic hydroxyl groups is 1. The van der Waals surface area contributed by atoms with Crippen molar-refractivity contribution < 1.29 is 68.2 Å². The van der Waals surface area contributed by atoms with E-state index in [9.17, 15) is 38.7 Å². The molecular formula is C64H56N4O14. The summed E-state index contributed by atoms with van der Waals surface area (Å²) < 4.78 is 15.4. The van der Waals surface area contributed by atoms with Crippen LogP contribution >= 0.6 is 0 Å². The number of nitrogens with one attached hydrogen (secondary N) is 4. The number of carboxylic acid groups (broad SMARTS) is 3. The molecule has 8 N–H and O–H groups in total. The summed E-state index contributed by atoms with van der Waals surface area (Å²) in [6, 6.07) is 56.1. The molecule has 0 aliphatic rings. The molecule has 0 saturated carbocycles. The van der Waals surface area contributed by atoms with Gasteiger partial charge in [0.2, 0.25) is 17.7 Å². The smallest absolute Gasteiger partial charge is 0.337 e. The van der Waals surface area contributed by atoms with Crippen LogP contribution in [0, 0.1) is 0 Å². The van der Waals surface area contributed by atoms with E-state index in [0.29, 0.717) is 17.2 Å². The molecule has 0 spiro atoms. The second-order valence-corrected chi connectivity index (χ2v) is 16.7. The molecule has 0 unspecified atom stereocenters. The third kappa shape index (κ3) is 20.1. The lowest BCUT2D eigenvalue weighted by Crippen LogP contribution is -2.11. The average molecular weight is 1110 g/mol. The van der Waals surface area contributed by atoms with Crippen molar-refractivity contribution in [1.82, 2.24) is 0 Å². The Bertz CT molecular complexity index is 3570. The van der Waals surface area contributed by atoms with Gasteiger partial charge in [0.05, 0.1) is 60.6 Å². The number of aromatic carboxylic acids is 3. The largest absolute Gasteiger partial charge is 0.507 e. The van der Waals surface area contributed by atoms with E-state index in [0.717, 1.165) is 22.4 Å². The first-order chi connectivity index (χ1) is 39.6. The highest BCUT2D eigenvalue weighted by Gasteiger charge is 2.14. The van der Waals surface area contributed by atoms with E-state index in [1.54, 1.807) is 142 Å². The van der Waals surface area contributed by atoms with Gasteiger partial charge < -0.3 is 55.9 Å². The predicted molar refractivity (Wildman–Crippen MR) is 315 cm³/mol. The summed E-state index contributed by atoms with van der Waals surface area (Å²) >= 11 is 0. The maximum atomic E-state index is 12.0. The van der Waals surface area contributed by atoms with Crippen LogP contribution in [0.25, 0.3) is 18.2 Å². The number of phenolic OH excluding ortho intramolecular Hbond substituents is 1. The number of carbonyl (C=O) groups is 7. The maximum absolute atomic E-state index is 12.0. The van der Waals surface area contributed by atoms with Crippen LogP contribution in [0.5, 0.6) is 23.0 Å². The van der Waals surface area contributed by atoms with Gasteiger partial charge in [0.25, 0.3) is 5.91 Å². The molecule has 0 saturated heterocycles. The molecule has 18 nitrogen and oxygen atoms in total. The molecule has 18 heteroatoms. The first kappa shape index (κ1) is 61.3. The predicted octanol–water partition coefficient (Wildman–Crippen LogP) is 11.8. The SMILES string of the molecule is COc1ccc(/C=C/C(=O)Nc2ccccc2C(=O)O)cc1.COc1ccc(/C=C/C(=O)Nc2ccccc2C(=O)O)cc1OC.O=C(/C=C/c1ccccc1)Nc1ccccc1C(=O)O.O=C(Nc1ccccc1)c1ccccc1O. The second-order valence-electron chi connectivity index (χ2n) is 16.7. The van der Waals surface area contributed by atoms with Crippen LogP contribution < -0.4 is 35.5 Å². The van der Waals surface area contributed by atoms with Crippen molar-refractivity contribution in [2.45, 2.75) is 0 Å². The molecule has 8 aromatic rings. The van der Waals surface area contributed by atoms with Gasteiger partial charge in [-0.15, -0.1) is 0 Å². The van der Waals surface area contributed by atoms with Crippen molar-refractivity contribution in [3.05, 3.63) is 257 Å². The fourth-order valence-corrected chi connectivity index (χ4v) is 7.00. The van der Waals surface area contributed by atoms with Gasteiger partial charge in [0.15, 0.2) is 11.5 Å². The van der Waals surface area contributed by atoms with Gasteiger partial charge in [-0.3, -0.25) is 19.2 Å². The number of amides is 4. The summed E-state index contributed by atoms with van der Waals surface area (Å²) in [6.07, 6.45) is 8.94. The third-order valence-corrected chi connectivity index (χ3v) is 11.0. The van der Waals surface area contributed by atoms with Crippen molar-refractivity contribution >= 4 is 82.5 Å². The highest BCUT2D eigenvalue weighted by atomic mass is 16.5. The Morgan fingerprint density at radius 3 is 1.15 bits per heavy atom. The van der Waals surface area contributed by atoms with Crippen molar-refractivity contribution in [2.24, 2.45) is 0 Å². The molecule has 0 atom stereocenters. The van der Waals surface area contributed by atoms with Gasteiger partial charge in [-0.2, -0.15) is 0 Å². The van der Waals surface area contributed by atoms with Crippen LogP contribution in [-0.2, 0) is 14.4 Å². The lowest BCUT2D eigenvalue weighted by Gasteiger charge is -2.08. The zero-order valence-corrected chi connectivity index (χ0v) is 44.4. The topological polar surface area (TPSA) is 276 Å². The first-order valence-electron chi connectivity index (χ1n) is 24.6. The van der Waals surface area contributed by atoms with Gasteiger partial charge in [-0.1, -0.05) is 115 Å². The number of carboxylic acids is 3. The van der Waals surface area contributed by atoms with Crippen molar-refractivity contribution in [3.63, 3.8) is 0 Å². The molecule has 0 aliphatic carbocycles. The molecule has 0 aromatic heterocycles. The van der Waals surface area contributed by atoms with E-state index in [4.69, 9.17) is 29.5 Å². The van der Waals surface area contributed by atoms with Crippen molar-refractivity contribution in [1.29, 1.82) is 0 Å². The molecule has 0 aliphatic heterocycles. The van der Waals surface area contributed by atoms with Crippen molar-refractivity contribution in [3.8, 4) is 23.0 Å². The number of methoxy groups -OCH3 is 3.